The number of hydrogen-bond donors (Lipinski definition) is 2. The normalized spacial score (nSPS) is 25.3. The highest BCUT2D eigenvalue weighted by Gasteiger charge is 2.56. The topological polar surface area (TPSA) is 125 Å². The minimum absolute atomic E-state index is 0.0228. The van der Waals surface area contributed by atoms with E-state index < -0.39 is 38.0 Å². The van der Waals surface area contributed by atoms with Crippen LogP contribution in [0.5, 0.6) is 5.75 Å². The van der Waals surface area contributed by atoms with Crippen LogP contribution in [0.3, 0.4) is 0 Å². The zero-order valence-corrected chi connectivity index (χ0v) is 27.9. The molecule has 1 aromatic heterocycles. The van der Waals surface area contributed by atoms with E-state index in [1.54, 1.807) is 12.3 Å². The first-order valence-electron chi connectivity index (χ1n) is 15.4. The first-order chi connectivity index (χ1) is 20.7. The van der Waals surface area contributed by atoms with Crippen molar-refractivity contribution in [2.75, 3.05) is 6.61 Å². The van der Waals surface area contributed by atoms with Gasteiger partial charge in [0.2, 0.25) is 8.32 Å². The van der Waals surface area contributed by atoms with Crippen LogP contribution in [0.25, 0.3) is 16.5 Å². The maximum absolute atomic E-state index is 13.1. The molecular weight excluding hydrogens is 580 g/mol. The molecule has 1 aromatic carbocycles. The minimum Gasteiger partial charge on any atom is -0.543 e. The molecule has 0 aliphatic carbocycles. The number of aromatic nitrogens is 1. The number of nitrogens with one attached hydrogen (secondary N) is 2. The second-order valence-corrected chi connectivity index (χ2v) is 18.0. The van der Waals surface area contributed by atoms with E-state index in [9.17, 15) is 14.4 Å². The number of fused-ring (bicyclic) bond motifs is 2. The molecule has 0 saturated carbocycles. The molecule has 10 nitrogen and oxygen atoms in total. The van der Waals surface area contributed by atoms with E-state index in [4.69, 9.17) is 23.4 Å². The average molecular weight is 625 g/mol. The van der Waals surface area contributed by atoms with Gasteiger partial charge >= 0.3 is 5.97 Å². The Labute approximate surface area is 259 Å². The molecular formula is C33H44N2O8Si. The summed E-state index contributed by atoms with van der Waals surface area (Å²) >= 11 is 0. The summed E-state index contributed by atoms with van der Waals surface area (Å²) < 4.78 is 30.7. The van der Waals surface area contributed by atoms with Gasteiger partial charge in [0.25, 0.3) is 11.8 Å². The van der Waals surface area contributed by atoms with Crippen molar-refractivity contribution in [1.29, 1.82) is 0 Å². The van der Waals surface area contributed by atoms with Crippen LogP contribution >= 0.6 is 0 Å². The Balaban J connectivity index is 1.41. The Bertz CT molecular complexity index is 1510. The van der Waals surface area contributed by atoms with Crippen molar-refractivity contribution in [3.05, 3.63) is 47.7 Å². The predicted molar refractivity (Wildman–Crippen MR) is 168 cm³/mol. The highest BCUT2D eigenvalue weighted by Crippen LogP contribution is 2.44. The van der Waals surface area contributed by atoms with E-state index in [0.717, 1.165) is 16.7 Å². The van der Waals surface area contributed by atoms with Crippen molar-refractivity contribution < 1.29 is 37.8 Å². The maximum Gasteiger partial charge on any atom is 0.302 e. The second-order valence-electron chi connectivity index (χ2n) is 13.3. The molecule has 2 N–H and O–H groups in total. The maximum atomic E-state index is 13.1. The lowest BCUT2D eigenvalue weighted by molar-refractivity contribution is -0.215. The standard InChI is InChI=1S/C33H44N2O8Si/c1-9-33(10-2)41-28-25(40-26(29(28)42-33)18-39-19(3)36)13-11-12-21-27(31(38)35-30(21)37)23-17-34-24-15-14-20(16-22(23)24)43-44(7,8)32(4,5)6/h11-12,14-17,25-26,28-29,34H,9-10,13,18H2,1-8H3,(H,35,37,38)/b12-11+/t25-,26+,28-,29+/m0/s1. The van der Waals surface area contributed by atoms with Gasteiger partial charge in [0, 0.05) is 29.6 Å². The monoisotopic (exact) mass is 624 g/mol. The molecule has 11 heteroatoms. The number of amides is 2. The van der Waals surface area contributed by atoms with Gasteiger partial charge in [-0.05, 0) is 55.6 Å². The van der Waals surface area contributed by atoms with Crippen LogP contribution in [-0.4, -0.2) is 67.9 Å². The fourth-order valence-corrected chi connectivity index (χ4v) is 6.77. The summed E-state index contributed by atoms with van der Waals surface area (Å²) in [6.07, 6.45) is 5.40. The molecule has 0 unspecified atom stereocenters. The molecule has 4 heterocycles. The largest absolute Gasteiger partial charge is 0.543 e. The van der Waals surface area contributed by atoms with Crippen LogP contribution in [0, 0.1) is 0 Å². The van der Waals surface area contributed by atoms with Gasteiger partial charge in [0.15, 0.2) is 5.79 Å². The number of hydrogen-bond acceptors (Lipinski definition) is 8. The van der Waals surface area contributed by atoms with Gasteiger partial charge in [0.05, 0.1) is 17.3 Å². The van der Waals surface area contributed by atoms with Crippen molar-refractivity contribution >= 4 is 42.6 Å². The van der Waals surface area contributed by atoms with E-state index in [2.05, 4.69) is 44.2 Å². The number of imide groups is 1. The number of carbonyl (C=O) groups excluding carboxylic acids is 3. The number of ether oxygens (including phenoxy) is 4. The number of rotatable bonds is 10. The summed E-state index contributed by atoms with van der Waals surface area (Å²) in [6.45, 7) is 16.4. The summed E-state index contributed by atoms with van der Waals surface area (Å²) in [6, 6.07) is 5.80. The zero-order valence-electron chi connectivity index (χ0n) is 26.9. The van der Waals surface area contributed by atoms with Crippen LogP contribution < -0.4 is 9.74 Å². The molecule has 3 aliphatic heterocycles. The molecule has 2 amide bonds. The lowest BCUT2D eigenvalue weighted by Gasteiger charge is -2.36. The molecule has 0 spiro atoms. The minimum atomic E-state index is -2.09. The lowest BCUT2D eigenvalue weighted by atomic mass is 9.99. The fourth-order valence-electron chi connectivity index (χ4n) is 5.75. The van der Waals surface area contributed by atoms with Crippen molar-refractivity contribution in [3.8, 4) is 5.75 Å². The highest BCUT2D eigenvalue weighted by molar-refractivity contribution is 6.74. The van der Waals surface area contributed by atoms with Gasteiger partial charge in [-0.3, -0.25) is 19.7 Å². The quantitative estimate of drug-likeness (QED) is 0.201. The number of carbonyl (C=O) groups is 3. The number of H-pyrrole nitrogens is 1. The number of benzene rings is 1. The van der Waals surface area contributed by atoms with E-state index in [1.807, 2.05) is 38.1 Å². The molecule has 0 radical (unpaired) electrons. The molecule has 2 aromatic rings. The summed E-state index contributed by atoms with van der Waals surface area (Å²) in [5.74, 6) is -1.28. The Kier molecular flexibility index (Phi) is 8.71. The van der Waals surface area contributed by atoms with E-state index in [1.165, 1.54) is 6.92 Å². The van der Waals surface area contributed by atoms with Crippen molar-refractivity contribution in [2.45, 2.75) is 109 Å². The van der Waals surface area contributed by atoms with Crippen LogP contribution in [0.15, 0.2) is 42.1 Å². The molecule has 2 fully saturated rings. The summed E-state index contributed by atoms with van der Waals surface area (Å²) in [5.41, 5.74) is 2.04. The van der Waals surface area contributed by atoms with Gasteiger partial charge in [-0.2, -0.15) is 0 Å². The highest BCUT2D eigenvalue weighted by atomic mass is 28.4. The molecule has 0 bridgehead atoms. The molecule has 4 atom stereocenters. The average Bonchev–Trinajstić information content (AvgIpc) is 3.68. The summed E-state index contributed by atoms with van der Waals surface area (Å²) in [4.78, 5) is 40.8. The van der Waals surface area contributed by atoms with Gasteiger partial charge in [-0.15, -0.1) is 0 Å². The first kappa shape index (κ1) is 32.1. The van der Waals surface area contributed by atoms with Gasteiger partial charge < -0.3 is 28.4 Å². The smallest absolute Gasteiger partial charge is 0.302 e. The van der Waals surface area contributed by atoms with Crippen LogP contribution in [-0.2, 0) is 33.3 Å². The number of aromatic amines is 1. The van der Waals surface area contributed by atoms with E-state index >= 15 is 0 Å². The van der Waals surface area contributed by atoms with Crippen LogP contribution in [0.4, 0.5) is 0 Å². The van der Waals surface area contributed by atoms with E-state index in [-0.39, 0.29) is 35.5 Å². The van der Waals surface area contributed by atoms with Gasteiger partial charge in [0.1, 0.15) is 30.7 Å². The third-order valence-corrected chi connectivity index (χ3v) is 13.7. The Morgan fingerprint density at radius 3 is 2.39 bits per heavy atom. The third kappa shape index (κ3) is 6.02. The van der Waals surface area contributed by atoms with Crippen molar-refractivity contribution in [1.82, 2.24) is 10.3 Å². The van der Waals surface area contributed by atoms with Crippen molar-refractivity contribution in [2.24, 2.45) is 0 Å². The molecule has 2 saturated heterocycles. The predicted octanol–water partition coefficient (Wildman–Crippen LogP) is 5.54. The zero-order chi connectivity index (χ0) is 32.0. The molecule has 3 aliphatic rings. The third-order valence-electron chi connectivity index (χ3n) is 9.36. The second kappa shape index (κ2) is 11.9. The summed E-state index contributed by atoms with van der Waals surface area (Å²) in [5, 5.41) is 3.28. The van der Waals surface area contributed by atoms with Gasteiger partial charge in [-0.1, -0.05) is 46.8 Å². The Hall–Kier alpha value is -3.25. The van der Waals surface area contributed by atoms with Crippen LogP contribution in [0.1, 0.15) is 66.4 Å². The van der Waals surface area contributed by atoms with Crippen LogP contribution in [0.2, 0.25) is 18.1 Å². The lowest BCUT2D eigenvalue weighted by Crippen LogP contribution is -2.43. The molecule has 44 heavy (non-hydrogen) atoms. The molecule has 238 valence electrons. The van der Waals surface area contributed by atoms with Gasteiger partial charge in [-0.25, -0.2) is 0 Å². The fraction of sp³-hybridized carbons (Fsp3) is 0.545. The number of esters is 1. The summed E-state index contributed by atoms with van der Waals surface area (Å²) in [7, 11) is -2.09. The van der Waals surface area contributed by atoms with E-state index in [0.29, 0.717) is 30.4 Å². The first-order valence-corrected chi connectivity index (χ1v) is 18.3. The molecule has 5 rings (SSSR count). The SMILES string of the molecule is CCC1(CC)O[C@@H]2[C@H](O1)[C@@H](COC(C)=O)O[C@H]2C/C=C/C1=C(c2c[nH]c3ccc(O[Si](C)(C)C(C)(C)C)cc23)C(=O)NC1=O. The van der Waals surface area contributed by atoms with Crippen molar-refractivity contribution in [3.63, 3.8) is 0 Å². The Morgan fingerprint density at radius 2 is 1.75 bits per heavy atom. The Morgan fingerprint density at radius 1 is 1.07 bits per heavy atom.